The summed E-state index contributed by atoms with van der Waals surface area (Å²) < 4.78 is 15.8. The molecular weight excluding hydrogens is 208 g/mol. The van der Waals surface area contributed by atoms with Gasteiger partial charge in [-0.25, -0.2) is 4.79 Å². The van der Waals surface area contributed by atoms with Gasteiger partial charge in [-0.1, -0.05) is 0 Å². The second kappa shape index (κ2) is 5.04. The molecule has 2 rings (SSSR count). The van der Waals surface area contributed by atoms with Crippen molar-refractivity contribution in [3.05, 3.63) is 0 Å². The molecule has 0 radical (unpaired) electrons. The highest BCUT2D eigenvalue weighted by Crippen LogP contribution is 2.40. The number of ether oxygens (including phenoxy) is 3. The number of carbonyl (C=O) groups is 1. The van der Waals surface area contributed by atoms with Gasteiger partial charge in [0.25, 0.3) is 0 Å². The molecule has 1 aliphatic heterocycles. The lowest BCUT2D eigenvalue weighted by Crippen LogP contribution is -2.36. The first-order chi connectivity index (χ1) is 7.74. The maximum absolute atomic E-state index is 11.1. The van der Waals surface area contributed by atoms with Crippen LogP contribution in [-0.2, 0) is 14.2 Å². The van der Waals surface area contributed by atoms with Crippen LogP contribution in [0.15, 0.2) is 0 Å². The lowest BCUT2D eigenvalue weighted by molar-refractivity contribution is -0.0628. The van der Waals surface area contributed by atoms with Gasteiger partial charge in [0.2, 0.25) is 0 Å². The predicted octanol–water partition coefficient (Wildman–Crippen LogP) is 2.65. The highest BCUT2D eigenvalue weighted by molar-refractivity contribution is 5.60. The Bertz CT molecular complexity index is 235. The summed E-state index contributed by atoms with van der Waals surface area (Å²) in [6.07, 6.45) is 5.65. The minimum Gasteiger partial charge on any atom is -0.435 e. The molecule has 1 heterocycles. The van der Waals surface area contributed by atoms with E-state index in [1.807, 2.05) is 0 Å². The van der Waals surface area contributed by atoms with Crippen LogP contribution < -0.4 is 0 Å². The molecule has 1 saturated carbocycles. The van der Waals surface area contributed by atoms with E-state index in [1.165, 1.54) is 12.8 Å². The fourth-order valence-corrected chi connectivity index (χ4v) is 2.67. The molecule has 4 heteroatoms. The maximum atomic E-state index is 11.1. The van der Waals surface area contributed by atoms with Gasteiger partial charge in [-0.3, -0.25) is 0 Å². The van der Waals surface area contributed by atoms with Crippen LogP contribution in [0.25, 0.3) is 0 Å². The van der Waals surface area contributed by atoms with E-state index in [-0.39, 0.29) is 11.7 Å². The fraction of sp³-hybridized carbons (Fsp3) is 0.917. The molecule has 1 saturated heterocycles. The standard InChI is InChI=1S/C12H20O4/c1-2-14-11(13)16-10-4-7-12(8-5-10)6-3-9-15-12/h10H,2-9H2,1H3. The highest BCUT2D eigenvalue weighted by atomic mass is 16.7. The van der Waals surface area contributed by atoms with Crippen molar-refractivity contribution in [3.8, 4) is 0 Å². The zero-order valence-corrected chi connectivity index (χ0v) is 9.87. The minimum atomic E-state index is -0.532. The minimum absolute atomic E-state index is 0.0221. The molecular formula is C12H20O4. The van der Waals surface area contributed by atoms with Crippen molar-refractivity contribution in [2.75, 3.05) is 13.2 Å². The Morgan fingerprint density at radius 1 is 1.38 bits per heavy atom. The largest absolute Gasteiger partial charge is 0.508 e. The van der Waals surface area contributed by atoms with Gasteiger partial charge in [-0.2, -0.15) is 0 Å². The van der Waals surface area contributed by atoms with E-state index in [9.17, 15) is 4.79 Å². The molecule has 0 atom stereocenters. The van der Waals surface area contributed by atoms with Gasteiger partial charge in [0.15, 0.2) is 0 Å². The van der Waals surface area contributed by atoms with Crippen LogP contribution in [0.5, 0.6) is 0 Å². The van der Waals surface area contributed by atoms with Gasteiger partial charge in [-0.05, 0) is 45.4 Å². The zero-order valence-electron chi connectivity index (χ0n) is 9.87. The summed E-state index contributed by atoms with van der Waals surface area (Å²) in [5.41, 5.74) is 0.106. The van der Waals surface area contributed by atoms with E-state index in [1.54, 1.807) is 6.92 Å². The predicted molar refractivity (Wildman–Crippen MR) is 58.3 cm³/mol. The smallest absolute Gasteiger partial charge is 0.435 e. The molecule has 1 spiro atoms. The first-order valence-corrected chi connectivity index (χ1v) is 6.21. The lowest BCUT2D eigenvalue weighted by atomic mass is 9.81. The normalized spacial score (nSPS) is 33.9. The van der Waals surface area contributed by atoms with Crippen molar-refractivity contribution in [2.45, 2.75) is 57.2 Å². The molecule has 2 fully saturated rings. The van der Waals surface area contributed by atoms with Crippen molar-refractivity contribution in [1.82, 2.24) is 0 Å². The highest BCUT2D eigenvalue weighted by Gasteiger charge is 2.39. The van der Waals surface area contributed by atoms with E-state index < -0.39 is 6.16 Å². The molecule has 4 nitrogen and oxygen atoms in total. The summed E-state index contributed by atoms with van der Waals surface area (Å²) >= 11 is 0. The van der Waals surface area contributed by atoms with Crippen LogP contribution in [0.1, 0.15) is 45.4 Å². The molecule has 0 aromatic carbocycles. The second-order valence-corrected chi connectivity index (χ2v) is 4.64. The third kappa shape index (κ3) is 2.67. The van der Waals surface area contributed by atoms with Crippen LogP contribution in [-0.4, -0.2) is 31.1 Å². The van der Waals surface area contributed by atoms with Crippen LogP contribution in [0.3, 0.4) is 0 Å². The molecule has 16 heavy (non-hydrogen) atoms. The van der Waals surface area contributed by atoms with Gasteiger partial charge in [0.05, 0.1) is 12.2 Å². The van der Waals surface area contributed by atoms with Crippen molar-refractivity contribution >= 4 is 6.16 Å². The fourth-order valence-electron chi connectivity index (χ4n) is 2.67. The molecule has 92 valence electrons. The van der Waals surface area contributed by atoms with E-state index >= 15 is 0 Å². The molecule has 0 unspecified atom stereocenters. The van der Waals surface area contributed by atoms with Crippen LogP contribution in [0.4, 0.5) is 4.79 Å². The van der Waals surface area contributed by atoms with E-state index in [0.717, 1.165) is 32.3 Å². The van der Waals surface area contributed by atoms with Gasteiger partial charge in [0.1, 0.15) is 6.10 Å². The van der Waals surface area contributed by atoms with E-state index in [4.69, 9.17) is 14.2 Å². The van der Waals surface area contributed by atoms with Gasteiger partial charge >= 0.3 is 6.16 Å². The molecule has 0 amide bonds. The van der Waals surface area contributed by atoms with Crippen molar-refractivity contribution in [1.29, 1.82) is 0 Å². The summed E-state index contributed by atoms with van der Waals surface area (Å²) in [5.74, 6) is 0. The first kappa shape index (κ1) is 11.7. The Hall–Kier alpha value is -0.770. The molecule has 0 aromatic heterocycles. The molecule has 0 aromatic rings. The summed E-state index contributed by atoms with van der Waals surface area (Å²) in [6.45, 7) is 3.05. The van der Waals surface area contributed by atoms with Crippen molar-refractivity contribution in [3.63, 3.8) is 0 Å². The summed E-state index contributed by atoms with van der Waals surface area (Å²) in [4.78, 5) is 11.1. The Labute approximate surface area is 96.2 Å². The Balaban J connectivity index is 1.74. The number of hydrogen-bond donors (Lipinski definition) is 0. The Morgan fingerprint density at radius 3 is 2.69 bits per heavy atom. The molecule has 1 aliphatic carbocycles. The Morgan fingerprint density at radius 2 is 2.12 bits per heavy atom. The monoisotopic (exact) mass is 228 g/mol. The average Bonchev–Trinajstić information content (AvgIpc) is 2.71. The molecule has 2 aliphatic rings. The quantitative estimate of drug-likeness (QED) is 0.681. The number of rotatable bonds is 2. The van der Waals surface area contributed by atoms with E-state index in [0.29, 0.717) is 6.61 Å². The van der Waals surface area contributed by atoms with Crippen LogP contribution in [0.2, 0.25) is 0 Å². The van der Waals surface area contributed by atoms with E-state index in [2.05, 4.69) is 0 Å². The lowest BCUT2D eigenvalue weighted by Gasteiger charge is -2.35. The molecule has 0 N–H and O–H groups in total. The maximum Gasteiger partial charge on any atom is 0.508 e. The number of carbonyl (C=O) groups excluding carboxylic acids is 1. The number of hydrogen-bond acceptors (Lipinski definition) is 4. The zero-order chi connectivity index (χ0) is 11.4. The summed E-state index contributed by atoms with van der Waals surface area (Å²) in [5, 5.41) is 0. The topological polar surface area (TPSA) is 44.8 Å². The van der Waals surface area contributed by atoms with Crippen LogP contribution >= 0.6 is 0 Å². The van der Waals surface area contributed by atoms with Gasteiger partial charge in [0, 0.05) is 6.61 Å². The first-order valence-electron chi connectivity index (χ1n) is 6.21. The third-order valence-corrected chi connectivity index (χ3v) is 3.55. The second-order valence-electron chi connectivity index (χ2n) is 4.64. The van der Waals surface area contributed by atoms with Gasteiger partial charge in [-0.15, -0.1) is 0 Å². The average molecular weight is 228 g/mol. The van der Waals surface area contributed by atoms with Crippen molar-refractivity contribution in [2.24, 2.45) is 0 Å². The summed E-state index contributed by atoms with van der Waals surface area (Å²) in [6, 6.07) is 0. The SMILES string of the molecule is CCOC(=O)OC1CCC2(CCCO2)CC1. The Kier molecular flexibility index (Phi) is 3.69. The van der Waals surface area contributed by atoms with Crippen LogP contribution in [0, 0.1) is 0 Å². The molecule has 0 bridgehead atoms. The third-order valence-electron chi connectivity index (χ3n) is 3.55. The van der Waals surface area contributed by atoms with Crippen molar-refractivity contribution < 1.29 is 19.0 Å². The summed E-state index contributed by atoms with van der Waals surface area (Å²) in [7, 11) is 0. The van der Waals surface area contributed by atoms with Gasteiger partial charge < -0.3 is 14.2 Å².